The number of aliphatic carboxylic acids is 1. The van der Waals surface area contributed by atoms with Crippen molar-refractivity contribution in [2.75, 3.05) is 12.1 Å². The lowest BCUT2D eigenvalue weighted by molar-refractivity contribution is -0.142. The fourth-order valence-electron chi connectivity index (χ4n) is 1.31. The van der Waals surface area contributed by atoms with Crippen LogP contribution in [-0.2, 0) is 15.8 Å². The van der Waals surface area contributed by atoms with Crippen molar-refractivity contribution in [3.8, 4) is 0 Å². The molecule has 0 aliphatic heterocycles. The van der Waals surface area contributed by atoms with Crippen LogP contribution in [0.15, 0.2) is 18.5 Å². The number of aromatic nitrogens is 3. The van der Waals surface area contributed by atoms with E-state index in [4.69, 9.17) is 5.11 Å². The lowest BCUT2D eigenvalue weighted by Crippen LogP contribution is -2.12. The fraction of sp³-hybridized carbons (Fsp3) is 0.222. The maximum absolute atomic E-state index is 12.5. The number of carboxylic acid groups (broad SMARTS) is 1. The predicted molar refractivity (Wildman–Crippen MR) is 55.2 cm³/mol. The van der Waals surface area contributed by atoms with E-state index in [1.54, 1.807) is 0 Å². The van der Waals surface area contributed by atoms with E-state index in [1.807, 2.05) is 0 Å². The molecule has 0 fully saturated rings. The summed E-state index contributed by atoms with van der Waals surface area (Å²) in [5, 5.41) is 11.7. The van der Waals surface area contributed by atoms with Gasteiger partial charge >= 0.3 is 12.1 Å². The molecule has 0 atom stereocenters. The normalized spacial score (nSPS) is 11.7. The van der Waals surface area contributed by atoms with E-state index in [1.165, 1.54) is 12.4 Å². The second-order valence-corrected chi connectivity index (χ2v) is 3.42. The molecule has 0 bridgehead atoms. The molecule has 2 aromatic heterocycles. The Hall–Kier alpha value is -2.36. The second-order valence-electron chi connectivity index (χ2n) is 3.42. The van der Waals surface area contributed by atoms with Gasteiger partial charge in [0.15, 0.2) is 18.1 Å². The lowest BCUT2D eigenvalue weighted by atomic mass is 10.4. The molecule has 0 aromatic carbocycles. The number of carboxylic acids is 1. The highest BCUT2D eigenvalue weighted by molar-refractivity contribution is 5.69. The van der Waals surface area contributed by atoms with Crippen molar-refractivity contribution in [2.45, 2.75) is 6.18 Å². The molecule has 2 aromatic rings. The monoisotopic (exact) mass is 276 g/mol. The van der Waals surface area contributed by atoms with Gasteiger partial charge in [0.05, 0.1) is 0 Å². The van der Waals surface area contributed by atoms with Crippen molar-refractivity contribution < 1.29 is 27.9 Å². The molecule has 0 amide bonds. The van der Waals surface area contributed by atoms with Crippen LogP contribution in [0.4, 0.5) is 19.0 Å². The van der Waals surface area contributed by atoms with Gasteiger partial charge in [0.2, 0.25) is 0 Å². The van der Waals surface area contributed by atoms with E-state index >= 15 is 0 Å². The number of halogens is 3. The number of carbonyl (C=O) groups is 1. The largest absolute Gasteiger partial charge is 0.479 e. The van der Waals surface area contributed by atoms with Crippen molar-refractivity contribution >= 4 is 17.3 Å². The molecule has 0 unspecified atom stereocenters. The third-order valence-corrected chi connectivity index (χ3v) is 2.04. The predicted octanol–water partition coefficient (Wildman–Crippen LogP) is 1.18. The second kappa shape index (κ2) is 4.72. The molecule has 2 heterocycles. The van der Waals surface area contributed by atoms with Crippen LogP contribution in [0.5, 0.6) is 0 Å². The summed E-state index contributed by atoms with van der Waals surface area (Å²) in [6.45, 7) is -0.664. The van der Waals surface area contributed by atoms with E-state index in [0.717, 1.165) is 10.6 Å². The van der Waals surface area contributed by atoms with Gasteiger partial charge in [0, 0.05) is 18.5 Å². The molecular weight excluding hydrogens is 269 g/mol. The number of nitrogens with one attached hydrogen (secondary N) is 1. The molecule has 0 saturated heterocycles. The first kappa shape index (κ1) is 13.1. The number of rotatable bonds is 4. The Morgan fingerprint density at radius 1 is 1.53 bits per heavy atom. The van der Waals surface area contributed by atoms with E-state index in [-0.39, 0.29) is 11.3 Å². The summed E-state index contributed by atoms with van der Waals surface area (Å²) in [6.07, 6.45) is -2.15. The molecule has 19 heavy (non-hydrogen) atoms. The summed E-state index contributed by atoms with van der Waals surface area (Å²) >= 11 is 0. The van der Waals surface area contributed by atoms with E-state index in [9.17, 15) is 18.0 Å². The molecule has 10 heteroatoms. The van der Waals surface area contributed by atoms with Crippen molar-refractivity contribution in [3.05, 3.63) is 24.2 Å². The Morgan fingerprint density at radius 2 is 2.26 bits per heavy atom. The van der Waals surface area contributed by atoms with Crippen LogP contribution in [0.2, 0.25) is 0 Å². The summed E-state index contributed by atoms with van der Waals surface area (Å²) in [5.74, 6) is -1.30. The highest BCUT2D eigenvalue weighted by Gasteiger charge is 2.34. The molecule has 0 radical (unpaired) electrons. The van der Waals surface area contributed by atoms with Gasteiger partial charge in [-0.3, -0.25) is 4.84 Å². The van der Waals surface area contributed by atoms with Crippen molar-refractivity contribution in [2.24, 2.45) is 0 Å². The molecule has 0 aliphatic rings. The highest BCUT2D eigenvalue weighted by Crippen LogP contribution is 2.29. The van der Waals surface area contributed by atoms with Crippen molar-refractivity contribution in [1.29, 1.82) is 0 Å². The zero-order valence-corrected chi connectivity index (χ0v) is 9.18. The van der Waals surface area contributed by atoms with Gasteiger partial charge in [-0.05, 0) is 0 Å². The third-order valence-electron chi connectivity index (χ3n) is 2.04. The van der Waals surface area contributed by atoms with Crippen LogP contribution in [0, 0.1) is 0 Å². The number of nitrogens with zero attached hydrogens (tertiary/aromatic N) is 3. The van der Waals surface area contributed by atoms with Crippen molar-refractivity contribution in [1.82, 2.24) is 14.6 Å². The average Bonchev–Trinajstić information content (AvgIpc) is 2.72. The maximum Gasteiger partial charge on any atom is 0.435 e. The summed E-state index contributed by atoms with van der Waals surface area (Å²) in [4.78, 5) is 18.5. The third kappa shape index (κ3) is 2.91. The molecule has 7 nitrogen and oxygen atoms in total. The van der Waals surface area contributed by atoms with E-state index < -0.39 is 24.4 Å². The number of anilines is 1. The Kier molecular flexibility index (Phi) is 3.25. The minimum atomic E-state index is -4.58. The van der Waals surface area contributed by atoms with Crippen LogP contribution in [0.3, 0.4) is 0 Å². The summed E-state index contributed by atoms with van der Waals surface area (Å²) in [6, 6.07) is 0.777. The van der Waals surface area contributed by atoms with Gasteiger partial charge in [-0.1, -0.05) is 0 Å². The Morgan fingerprint density at radius 3 is 2.89 bits per heavy atom. The first-order valence-corrected chi connectivity index (χ1v) is 4.89. The highest BCUT2D eigenvalue weighted by atomic mass is 19.4. The number of hydrogen-bond donors (Lipinski definition) is 2. The van der Waals surface area contributed by atoms with Gasteiger partial charge in [-0.2, -0.15) is 18.3 Å². The zero-order valence-electron chi connectivity index (χ0n) is 9.18. The first-order valence-electron chi connectivity index (χ1n) is 4.89. The van der Waals surface area contributed by atoms with Gasteiger partial charge in [0.1, 0.15) is 5.52 Å². The van der Waals surface area contributed by atoms with Gasteiger partial charge in [0.25, 0.3) is 0 Å². The van der Waals surface area contributed by atoms with Crippen LogP contribution >= 0.6 is 0 Å². The molecular formula is C9H7F3N4O3. The molecule has 0 spiro atoms. The topological polar surface area (TPSA) is 88.8 Å². The zero-order chi connectivity index (χ0) is 14.0. The standard InChI is InChI=1S/C9H7F3N4O3/c10-9(11,12)6-3-5-8(15-19-4-7(17)18)13-1-2-16(5)14-6/h1-3H,4H2,(H,13,15)(H,17,18). The summed E-state index contributed by atoms with van der Waals surface area (Å²) < 4.78 is 38.4. The van der Waals surface area contributed by atoms with Crippen LogP contribution < -0.4 is 5.48 Å². The first-order chi connectivity index (χ1) is 8.88. The van der Waals surface area contributed by atoms with Gasteiger partial charge in [-0.25, -0.2) is 19.8 Å². The van der Waals surface area contributed by atoms with Crippen LogP contribution in [0.1, 0.15) is 5.69 Å². The average molecular weight is 276 g/mol. The van der Waals surface area contributed by atoms with Crippen LogP contribution in [-0.4, -0.2) is 32.3 Å². The van der Waals surface area contributed by atoms with Gasteiger partial charge in [-0.15, -0.1) is 0 Å². The molecule has 0 saturated carbocycles. The summed E-state index contributed by atoms with van der Waals surface area (Å²) in [7, 11) is 0. The molecule has 2 rings (SSSR count). The van der Waals surface area contributed by atoms with Crippen molar-refractivity contribution in [3.63, 3.8) is 0 Å². The van der Waals surface area contributed by atoms with Gasteiger partial charge < -0.3 is 5.11 Å². The number of fused-ring (bicyclic) bond motifs is 1. The molecule has 2 N–H and O–H groups in total. The number of hydrogen-bond acceptors (Lipinski definition) is 5. The lowest BCUT2D eigenvalue weighted by Gasteiger charge is -2.04. The van der Waals surface area contributed by atoms with E-state index in [0.29, 0.717) is 0 Å². The Bertz CT molecular complexity index is 610. The Labute approximate surface area is 103 Å². The quantitative estimate of drug-likeness (QED) is 0.815. The maximum atomic E-state index is 12.5. The molecule has 0 aliphatic carbocycles. The number of alkyl halides is 3. The SMILES string of the molecule is O=C(O)CONc1nccn2nc(C(F)(F)F)cc12. The van der Waals surface area contributed by atoms with E-state index in [2.05, 4.69) is 20.4 Å². The fourth-order valence-corrected chi connectivity index (χ4v) is 1.31. The smallest absolute Gasteiger partial charge is 0.435 e. The summed E-state index contributed by atoms with van der Waals surface area (Å²) in [5.41, 5.74) is 1.10. The molecule has 102 valence electrons. The minimum Gasteiger partial charge on any atom is -0.479 e. The minimum absolute atomic E-state index is 0.0141. The Balaban J connectivity index is 2.29. The van der Waals surface area contributed by atoms with Crippen LogP contribution in [0.25, 0.3) is 5.52 Å².